The highest BCUT2D eigenvalue weighted by Crippen LogP contribution is 2.29. The van der Waals surface area contributed by atoms with Crippen molar-refractivity contribution in [3.8, 4) is 10.4 Å². The van der Waals surface area contributed by atoms with Crippen molar-refractivity contribution in [3.63, 3.8) is 0 Å². The van der Waals surface area contributed by atoms with Crippen LogP contribution in [0.2, 0.25) is 5.02 Å². The van der Waals surface area contributed by atoms with Gasteiger partial charge in [-0.2, -0.15) is 0 Å². The molecule has 20 heavy (non-hydrogen) atoms. The van der Waals surface area contributed by atoms with Crippen LogP contribution in [-0.2, 0) is 6.54 Å². The molecule has 0 fully saturated rings. The molecule has 0 amide bonds. The second-order valence-corrected chi connectivity index (χ2v) is 6.69. The number of rotatable bonds is 3. The first-order chi connectivity index (χ1) is 9.63. The Balaban J connectivity index is 1.90. The summed E-state index contributed by atoms with van der Waals surface area (Å²) in [5, 5.41) is 2.86. The minimum absolute atomic E-state index is 0.730. The van der Waals surface area contributed by atoms with Crippen molar-refractivity contribution in [1.29, 1.82) is 0 Å². The molecule has 5 heteroatoms. The first-order valence-corrected chi connectivity index (χ1v) is 8.20. The Morgan fingerprint density at radius 2 is 2.20 bits per heavy atom. The lowest BCUT2D eigenvalue weighted by molar-refractivity contribution is 0.762. The maximum atomic E-state index is 6.41. The number of halogens is 2. The molecule has 0 unspecified atom stereocenters. The molecule has 3 rings (SSSR count). The second-order valence-electron chi connectivity index (χ2n) is 4.52. The van der Waals surface area contributed by atoms with Gasteiger partial charge in [-0.3, -0.25) is 0 Å². The third-order valence-electron chi connectivity index (χ3n) is 3.15. The van der Waals surface area contributed by atoms with Crippen molar-refractivity contribution < 1.29 is 0 Å². The molecule has 0 spiro atoms. The number of thiophene rings is 1. The molecule has 2 aromatic heterocycles. The Kier molecular flexibility index (Phi) is 3.96. The van der Waals surface area contributed by atoms with Gasteiger partial charge in [-0.15, -0.1) is 11.3 Å². The van der Waals surface area contributed by atoms with Crippen LogP contribution in [-0.4, -0.2) is 9.55 Å². The van der Waals surface area contributed by atoms with Gasteiger partial charge in [0.25, 0.3) is 0 Å². The van der Waals surface area contributed by atoms with Crippen LogP contribution in [0.5, 0.6) is 0 Å². The fourth-order valence-electron chi connectivity index (χ4n) is 2.08. The van der Waals surface area contributed by atoms with Crippen LogP contribution in [0.3, 0.4) is 0 Å². The summed E-state index contributed by atoms with van der Waals surface area (Å²) < 4.78 is 2.93. The summed E-state index contributed by atoms with van der Waals surface area (Å²) in [5.74, 6) is 0.968. The number of hydrogen-bond donors (Lipinski definition) is 0. The van der Waals surface area contributed by atoms with Crippen LogP contribution in [0.15, 0.2) is 46.5 Å². The second kappa shape index (κ2) is 5.72. The Bertz CT molecular complexity index is 734. The molecule has 1 aromatic carbocycles. The van der Waals surface area contributed by atoms with Gasteiger partial charge in [0.15, 0.2) is 0 Å². The maximum absolute atomic E-state index is 6.41. The van der Waals surface area contributed by atoms with Gasteiger partial charge in [0.2, 0.25) is 0 Å². The Morgan fingerprint density at radius 3 is 2.80 bits per heavy atom. The van der Waals surface area contributed by atoms with Crippen molar-refractivity contribution in [2.75, 3.05) is 0 Å². The van der Waals surface area contributed by atoms with E-state index in [9.17, 15) is 0 Å². The van der Waals surface area contributed by atoms with E-state index in [0.29, 0.717) is 0 Å². The molecule has 0 aliphatic heterocycles. The minimum Gasteiger partial charge on any atom is -0.329 e. The Hall–Kier alpha value is -1.10. The SMILES string of the molecule is Cc1nc(Br)cn1Cc1ccc(-c2cccs2)cc1Cl. The summed E-state index contributed by atoms with van der Waals surface area (Å²) in [6, 6.07) is 10.4. The smallest absolute Gasteiger partial charge is 0.124 e. The summed E-state index contributed by atoms with van der Waals surface area (Å²) in [5.41, 5.74) is 2.26. The molecule has 102 valence electrons. The van der Waals surface area contributed by atoms with Crippen LogP contribution in [0.25, 0.3) is 10.4 Å². The largest absolute Gasteiger partial charge is 0.329 e. The van der Waals surface area contributed by atoms with Crippen LogP contribution in [0, 0.1) is 6.92 Å². The average Bonchev–Trinajstić information content (AvgIpc) is 3.02. The number of hydrogen-bond acceptors (Lipinski definition) is 2. The number of aryl methyl sites for hydroxylation is 1. The van der Waals surface area contributed by atoms with Gasteiger partial charge < -0.3 is 4.57 Å². The molecule has 2 heterocycles. The van der Waals surface area contributed by atoms with Gasteiger partial charge in [0.05, 0.1) is 6.54 Å². The van der Waals surface area contributed by atoms with Crippen LogP contribution in [0.4, 0.5) is 0 Å². The third-order valence-corrected chi connectivity index (χ3v) is 4.80. The standard InChI is InChI=1S/C15H12BrClN2S/c1-10-18-15(16)9-19(10)8-12-5-4-11(7-13(12)17)14-3-2-6-20-14/h2-7,9H,8H2,1H3. The van der Waals surface area contributed by atoms with Crippen molar-refractivity contribution in [2.45, 2.75) is 13.5 Å². The van der Waals surface area contributed by atoms with Crippen molar-refractivity contribution in [2.24, 2.45) is 0 Å². The van der Waals surface area contributed by atoms with E-state index in [2.05, 4.69) is 49.1 Å². The molecule has 0 aliphatic carbocycles. The van der Waals surface area contributed by atoms with Crippen molar-refractivity contribution >= 4 is 38.9 Å². The first-order valence-electron chi connectivity index (χ1n) is 6.15. The molecular formula is C15H12BrClN2S. The lowest BCUT2D eigenvalue weighted by Gasteiger charge is -2.08. The van der Waals surface area contributed by atoms with Gasteiger partial charge in [-0.05, 0) is 51.5 Å². The normalized spacial score (nSPS) is 10.9. The van der Waals surface area contributed by atoms with Gasteiger partial charge in [0.1, 0.15) is 10.4 Å². The van der Waals surface area contributed by atoms with Gasteiger partial charge in [-0.1, -0.05) is 29.8 Å². The zero-order valence-electron chi connectivity index (χ0n) is 10.8. The molecule has 0 atom stereocenters. The number of nitrogens with zero attached hydrogens (tertiary/aromatic N) is 2. The van der Waals surface area contributed by atoms with E-state index < -0.39 is 0 Å². The fraction of sp³-hybridized carbons (Fsp3) is 0.133. The molecule has 0 radical (unpaired) electrons. The monoisotopic (exact) mass is 366 g/mol. The van der Waals surface area contributed by atoms with E-state index in [0.717, 1.165) is 33.1 Å². The molecular weight excluding hydrogens is 356 g/mol. The highest BCUT2D eigenvalue weighted by Gasteiger charge is 2.07. The summed E-state index contributed by atoms with van der Waals surface area (Å²) in [7, 11) is 0. The molecule has 2 nitrogen and oxygen atoms in total. The highest BCUT2D eigenvalue weighted by atomic mass is 79.9. The van der Waals surface area contributed by atoms with Crippen molar-refractivity contribution in [3.05, 3.63) is 62.9 Å². The van der Waals surface area contributed by atoms with Crippen LogP contribution >= 0.6 is 38.9 Å². The molecule has 3 aromatic rings. The van der Waals surface area contributed by atoms with Crippen molar-refractivity contribution in [1.82, 2.24) is 9.55 Å². The average molecular weight is 368 g/mol. The Morgan fingerprint density at radius 1 is 1.35 bits per heavy atom. The zero-order chi connectivity index (χ0) is 14.1. The van der Waals surface area contributed by atoms with E-state index in [1.165, 1.54) is 4.88 Å². The minimum atomic E-state index is 0.730. The van der Waals surface area contributed by atoms with E-state index in [1.807, 2.05) is 25.3 Å². The van der Waals surface area contributed by atoms with E-state index in [1.54, 1.807) is 11.3 Å². The predicted molar refractivity (Wildman–Crippen MR) is 88.5 cm³/mol. The van der Waals surface area contributed by atoms with E-state index in [4.69, 9.17) is 11.6 Å². The predicted octanol–water partition coefficient (Wildman–Crippen LogP) is 5.38. The number of aromatic nitrogens is 2. The highest BCUT2D eigenvalue weighted by molar-refractivity contribution is 9.10. The maximum Gasteiger partial charge on any atom is 0.124 e. The van der Waals surface area contributed by atoms with E-state index >= 15 is 0 Å². The quantitative estimate of drug-likeness (QED) is 0.607. The van der Waals surface area contributed by atoms with Crippen LogP contribution in [0.1, 0.15) is 11.4 Å². The summed E-state index contributed by atoms with van der Waals surface area (Å²) in [6.07, 6.45) is 1.97. The third kappa shape index (κ3) is 2.82. The lowest BCUT2D eigenvalue weighted by Crippen LogP contribution is -2.01. The molecule has 0 saturated heterocycles. The molecule has 0 bridgehead atoms. The molecule has 0 N–H and O–H groups in total. The fourth-order valence-corrected chi connectivity index (χ4v) is 3.55. The summed E-state index contributed by atoms with van der Waals surface area (Å²) in [6.45, 7) is 2.71. The zero-order valence-corrected chi connectivity index (χ0v) is 14.0. The topological polar surface area (TPSA) is 17.8 Å². The van der Waals surface area contributed by atoms with Gasteiger partial charge in [-0.25, -0.2) is 4.98 Å². The first kappa shape index (κ1) is 13.9. The van der Waals surface area contributed by atoms with Crippen LogP contribution < -0.4 is 0 Å². The van der Waals surface area contributed by atoms with Gasteiger partial charge >= 0.3 is 0 Å². The number of imidazole rings is 1. The molecule has 0 saturated carbocycles. The molecule has 0 aliphatic rings. The van der Waals surface area contributed by atoms with Gasteiger partial charge in [0, 0.05) is 16.1 Å². The van der Waals surface area contributed by atoms with E-state index in [-0.39, 0.29) is 0 Å². The summed E-state index contributed by atoms with van der Waals surface area (Å²) in [4.78, 5) is 5.57. The number of benzene rings is 1. The lowest BCUT2D eigenvalue weighted by atomic mass is 10.1. The summed E-state index contributed by atoms with van der Waals surface area (Å²) >= 11 is 11.5. The Labute approximate surface area is 135 Å².